The summed E-state index contributed by atoms with van der Waals surface area (Å²) < 4.78 is 5.60. The lowest BCUT2D eigenvalue weighted by atomic mass is 9.93. The van der Waals surface area contributed by atoms with Crippen LogP contribution in [-0.2, 0) is 9.53 Å². The maximum absolute atomic E-state index is 12.2. The van der Waals surface area contributed by atoms with Crippen LogP contribution in [0.2, 0.25) is 0 Å². The van der Waals surface area contributed by atoms with Crippen molar-refractivity contribution in [2.45, 2.75) is 45.1 Å². The zero-order valence-electron chi connectivity index (χ0n) is 11.5. The number of morpholine rings is 1. The number of ether oxygens (including phenoxy) is 1. The zero-order valence-corrected chi connectivity index (χ0v) is 11.5. The van der Waals surface area contributed by atoms with Crippen LogP contribution in [-0.4, -0.2) is 49.7 Å². The SMILES string of the molecule is CCC1CN(C(=O)CCC2CCNCC2)CCO1. The van der Waals surface area contributed by atoms with Gasteiger partial charge in [-0.2, -0.15) is 0 Å². The Morgan fingerprint density at radius 2 is 2.17 bits per heavy atom. The van der Waals surface area contributed by atoms with Gasteiger partial charge in [-0.25, -0.2) is 0 Å². The lowest BCUT2D eigenvalue weighted by Gasteiger charge is -2.33. The van der Waals surface area contributed by atoms with E-state index in [2.05, 4.69) is 12.2 Å². The Morgan fingerprint density at radius 1 is 1.39 bits per heavy atom. The van der Waals surface area contributed by atoms with E-state index in [-0.39, 0.29) is 6.10 Å². The van der Waals surface area contributed by atoms with Gasteiger partial charge < -0.3 is 15.0 Å². The van der Waals surface area contributed by atoms with Gasteiger partial charge in [-0.1, -0.05) is 6.92 Å². The van der Waals surface area contributed by atoms with E-state index in [1.54, 1.807) is 0 Å². The summed E-state index contributed by atoms with van der Waals surface area (Å²) in [5, 5.41) is 3.37. The third-order valence-electron chi connectivity index (χ3n) is 4.17. The summed E-state index contributed by atoms with van der Waals surface area (Å²) in [6.45, 7) is 6.64. The molecule has 0 aromatic heterocycles. The van der Waals surface area contributed by atoms with E-state index in [9.17, 15) is 4.79 Å². The predicted molar refractivity (Wildman–Crippen MR) is 71.4 cm³/mol. The van der Waals surface area contributed by atoms with Gasteiger partial charge in [-0.3, -0.25) is 4.79 Å². The number of hydrogen-bond acceptors (Lipinski definition) is 3. The molecule has 0 aromatic carbocycles. The van der Waals surface area contributed by atoms with Crippen molar-refractivity contribution in [1.29, 1.82) is 0 Å². The first kappa shape index (κ1) is 13.8. The molecule has 0 spiro atoms. The van der Waals surface area contributed by atoms with Crippen molar-refractivity contribution in [1.82, 2.24) is 10.2 Å². The molecule has 104 valence electrons. The zero-order chi connectivity index (χ0) is 12.8. The highest BCUT2D eigenvalue weighted by Gasteiger charge is 2.23. The maximum Gasteiger partial charge on any atom is 0.222 e. The molecular formula is C14H26N2O2. The van der Waals surface area contributed by atoms with Gasteiger partial charge in [0.05, 0.1) is 12.7 Å². The molecule has 1 unspecified atom stereocenters. The largest absolute Gasteiger partial charge is 0.375 e. The molecule has 0 aliphatic carbocycles. The first-order chi connectivity index (χ1) is 8.79. The molecule has 0 saturated carbocycles. The number of nitrogens with one attached hydrogen (secondary N) is 1. The van der Waals surface area contributed by atoms with Gasteiger partial charge in [0.1, 0.15) is 0 Å². The van der Waals surface area contributed by atoms with Crippen LogP contribution in [0.5, 0.6) is 0 Å². The molecule has 4 nitrogen and oxygen atoms in total. The highest BCUT2D eigenvalue weighted by Crippen LogP contribution is 2.19. The molecule has 2 aliphatic rings. The van der Waals surface area contributed by atoms with Gasteiger partial charge in [-0.15, -0.1) is 0 Å². The van der Waals surface area contributed by atoms with Crippen molar-refractivity contribution < 1.29 is 9.53 Å². The van der Waals surface area contributed by atoms with Crippen LogP contribution >= 0.6 is 0 Å². The summed E-state index contributed by atoms with van der Waals surface area (Å²) in [6, 6.07) is 0. The Bertz CT molecular complexity index is 265. The van der Waals surface area contributed by atoms with Crippen LogP contribution in [0.3, 0.4) is 0 Å². The maximum atomic E-state index is 12.2. The lowest BCUT2D eigenvalue weighted by Crippen LogP contribution is -2.45. The Hall–Kier alpha value is -0.610. The van der Waals surface area contributed by atoms with Crippen molar-refractivity contribution >= 4 is 5.91 Å². The van der Waals surface area contributed by atoms with Crippen molar-refractivity contribution in [2.75, 3.05) is 32.8 Å². The minimum atomic E-state index is 0.251. The second-order valence-corrected chi connectivity index (χ2v) is 5.47. The van der Waals surface area contributed by atoms with Crippen LogP contribution in [0, 0.1) is 5.92 Å². The van der Waals surface area contributed by atoms with Crippen molar-refractivity contribution in [2.24, 2.45) is 5.92 Å². The molecule has 1 atom stereocenters. The third kappa shape index (κ3) is 3.95. The van der Waals surface area contributed by atoms with E-state index in [1.807, 2.05) is 4.90 Å². The van der Waals surface area contributed by atoms with Gasteiger partial charge in [0.25, 0.3) is 0 Å². The van der Waals surface area contributed by atoms with Crippen LogP contribution in [0.15, 0.2) is 0 Å². The minimum absolute atomic E-state index is 0.251. The molecule has 2 saturated heterocycles. The standard InChI is InChI=1S/C14H26N2O2/c1-2-13-11-16(9-10-18-13)14(17)4-3-12-5-7-15-8-6-12/h12-13,15H,2-11H2,1H3. The quantitative estimate of drug-likeness (QED) is 0.824. The molecule has 4 heteroatoms. The molecule has 2 aliphatic heterocycles. The fourth-order valence-electron chi connectivity index (χ4n) is 2.85. The number of hydrogen-bond donors (Lipinski definition) is 1. The molecule has 1 amide bonds. The van der Waals surface area contributed by atoms with Crippen LogP contribution in [0.4, 0.5) is 0 Å². The highest BCUT2D eigenvalue weighted by atomic mass is 16.5. The van der Waals surface area contributed by atoms with Gasteiger partial charge in [0, 0.05) is 19.5 Å². The highest BCUT2D eigenvalue weighted by molar-refractivity contribution is 5.76. The van der Waals surface area contributed by atoms with Crippen molar-refractivity contribution in [3.63, 3.8) is 0 Å². The number of carbonyl (C=O) groups excluding carboxylic acids is 1. The lowest BCUT2D eigenvalue weighted by molar-refractivity contribution is -0.139. The van der Waals surface area contributed by atoms with Gasteiger partial charge >= 0.3 is 0 Å². The van der Waals surface area contributed by atoms with E-state index in [4.69, 9.17) is 4.74 Å². The normalized spacial score (nSPS) is 26.3. The molecule has 2 heterocycles. The first-order valence-corrected chi connectivity index (χ1v) is 7.39. The molecular weight excluding hydrogens is 228 g/mol. The molecule has 0 aromatic rings. The van der Waals surface area contributed by atoms with Gasteiger partial charge in [0.15, 0.2) is 0 Å². The smallest absolute Gasteiger partial charge is 0.222 e. The van der Waals surface area contributed by atoms with Crippen LogP contribution in [0.1, 0.15) is 39.0 Å². The minimum Gasteiger partial charge on any atom is -0.375 e. The predicted octanol–water partition coefficient (Wildman–Crippen LogP) is 1.40. The van der Waals surface area contributed by atoms with Crippen molar-refractivity contribution in [3.8, 4) is 0 Å². The van der Waals surface area contributed by atoms with E-state index in [0.29, 0.717) is 12.5 Å². The second-order valence-electron chi connectivity index (χ2n) is 5.47. The molecule has 2 rings (SSSR count). The average Bonchev–Trinajstić information content (AvgIpc) is 2.46. The summed E-state index contributed by atoms with van der Waals surface area (Å²) in [6.07, 6.45) is 5.50. The average molecular weight is 254 g/mol. The number of amides is 1. The monoisotopic (exact) mass is 254 g/mol. The van der Waals surface area contributed by atoms with E-state index in [0.717, 1.165) is 51.4 Å². The van der Waals surface area contributed by atoms with Crippen LogP contribution in [0.25, 0.3) is 0 Å². The van der Waals surface area contributed by atoms with Crippen molar-refractivity contribution in [3.05, 3.63) is 0 Å². The Kier molecular flexibility index (Phi) is 5.45. The van der Waals surface area contributed by atoms with E-state index in [1.165, 1.54) is 12.8 Å². The van der Waals surface area contributed by atoms with E-state index >= 15 is 0 Å². The fraction of sp³-hybridized carbons (Fsp3) is 0.929. The summed E-state index contributed by atoms with van der Waals surface area (Å²) in [7, 11) is 0. The number of piperidine rings is 1. The summed E-state index contributed by atoms with van der Waals surface area (Å²) in [5.41, 5.74) is 0. The molecule has 18 heavy (non-hydrogen) atoms. The topological polar surface area (TPSA) is 41.6 Å². The molecule has 0 bridgehead atoms. The molecule has 2 fully saturated rings. The Morgan fingerprint density at radius 3 is 2.89 bits per heavy atom. The fourth-order valence-corrected chi connectivity index (χ4v) is 2.85. The van der Waals surface area contributed by atoms with Crippen LogP contribution < -0.4 is 5.32 Å². The number of nitrogens with zero attached hydrogens (tertiary/aromatic N) is 1. The Balaban J connectivity index is 1.70. The Labute approximate surface area is 110 Å². The summed E-state index contributed by atoms with van der Waals surface area (Å²) in [5.74, 6) is 1.08. The third-order valence-corrected chi connectivity index (χ3v) is 4.17. The molecule has 1 N–H and O–H groups in total. The second kappa shape index (κ2) is 7.10. The molecule has 0 radical (unpaired) electrons. The summed E-state index contributed by atoms with van der Waals surface area (Å²) in [4.78, 5) is 14.2. The van der Waals surface area contributed by atoms with E-state index < -0.39 is 0 Å². The summed E-state index contributed by atoms with van der Waals surface area (Å²) >= 11 is 0. The van der Waals surface area contributed by atoms with Gasteiger partial charge in [-0.05, 0) is 44.7 Å². The van der Waals surface area contributed by atoms with Gasteiger partial charge in [0.2, 0.25) is 5.91 Å². The first-order valence-electron chi connectivity index (χ1n) is 7.39. The number of rotatable bonds is 4. The number of carbonyl (C=O) groups is 1.